The minimum Gasteiger partial charge on any atom is -0.328 e. The molecule has 0 unspecified atom stereocenters. The van der Waals surface area contributed by atoms with E-state index in [1.807, 2.05) is 19.9 Å². The van der Waals surface area contributed by atoms with Crippen molar-refractivity contribution in [3.8, 4) is 6.07 Å². The summed E-state index contributed by atoms with van der Waals surface area (Å²) in [5, 5.41) is 11.4. The Balaban J connectivity index is 2.61. The first-order valence-corrected chi connectivity index (χ1v) is 6.59. The molecule has 0 spiro atoms. The number of hydrogen-bond acceptors (Lipinski definition) is 3. The number of carbonyl (C=O) groups is 1. The van der Waals surface area contributed by atoms with Crippen LogP contribution < -0.4 is 5.32 Å². The highest BCUT2D eigenvalue weighted by Crippen LogP contribution is 2.30. The number of aryl methyl sites for hydroxylation is 1. The Bertz CT molecular complexity index is 707. The summed E-state index contributed by atoms with van der Waals surface area (Å²) >= 11 is 0. The molecule has 2 rings (SSSR count). The summed E-state index contributed by atoms with van der Waals surface area (Å²) in [6.45, 7) is 8.13. The van der Waals surface area contributed by atoms with Gasteiger partial charge in [-0.3, -0.25) is 4.79 Å². The molecule has 0 saturated carbocycles. The Morgan fingerprint density at radius 3 is 2.80 bits per heavy atom. The average Bonchev–Trinajstić information content (AvgIpc) is 2.78. The standard InChI is InChI=1S/C15H18N4O/c1-9(2)19-8-17-15-12(19)7-10(3)11(4)14(15)18-13(20)5-6-16/h7-9H,5H2,1-4H3,(H,18,20). The van der Waals surface area contributed by atoms with Crippen molar-refractivity contribution < 1.29 is 4.79 Å². The summed E-state index contributed by atoms with van der Waals surface area (Å²) < 4.78 is 2.07. The highest BCUT2D eigenvalue weighted by atomic mass is 16.1. The lowest BCUT2D eigenvalue weighted by Crippen LogP contribution is -2.12. The highest BCUT2D eigenvalue weighted by Gasteiger charge is 2.15. The van der Waals surface area contributed by atoms with E-state index in [1.165, 1.54) is 0 Å². The first kappa shape index (κ1) is 14.1. The van der Waals surface area contributed by atoms with Crippen molar-refractivity contribution in [2.45, 2.75) is 40.2 Å². The van der Waals surface area contributed by atoms with Gasteiger partial charge in [0.25, 0.3) is 0 Å². The van der Waals surface area contributed by atoms with Crippen LogP contribution in [0.3, 0.4) is 0 Å². The van der Waals surface area contributed by atoms with Crippen molar-refractivity contribution in [1.29, 1.82) is 5.26 Å². The maximum absolute atomic E-state index is 11.7. The van der Waals surface area contributed by atoms with Crippen LogP contribution in [0, 0.1) is 25.2 Å². The van der Waals surface area contributed by atoms with Gasteiger partial charge in [-0.15, -0.1) is 0 Å². The van der Waals surface area contributed by atoms with E-state index < -0.39 is 0 Å². The van der Waals surface area contributed by atoms with Crippen LogP contribution in [0.1, 0.15) is 37.4 Å². The number of benzene rings is 1. The molecule has 0 aliphatic heterocycles. The van der Waals surface area contributed by atoms with Crippen LogP contribution in [0.5, 0.6) is 0 Å². The molecule has 0 atom stereocenters. The number of amides is 1. The lowest BCUT2D eigenvalue weighted by Gasteiger charge is -2.13. The number of fused-ring (bicyclic) bond motifs is 1. The number of anilines is 1. The summed E-state index contributed by atoms with van der Waals surface area (Å²) in [7, 11) is 0. The van der Waals surface area contributed by atoms with Crippen molar-refractivity contribution in [2.75, 3.05) is 5.32 Å². The molecule has 5 heteroatoms. The molecule has 1 N–H and O–H groups in total. The molecule has 1 aromatic heterocycles. The fraction of sp³-hybridized carbons (Fsp3) is 0.400. The maximum Gasteiger partial charge on any atom is 0.238 e. The highest BCUT2D eigenvalue weighted by molar-refractivity contribution is 6.02. The van der Waals surface area contributed by atoms with E-state index in [0.717, 1.165) is 22.2 Å². The monoisotopic (exact) mass is 270 g/mol. The molecule has 2 aromatic rings. The zero-order valence-corrected chi connectivity index (χ0v) is 12.2. The zero-order valence-electron chi connectivity index (χ0n) is 12.2. The van der Waals surface area contributed by atoms with Crippen LogP contribution >= 0.6 is 0 Å². The van der Waals surface area contributed by atoms with E-state index in [1.54, 1.807) is 6.33 Å². The molecule has 0 fully saturated rings. The number of rotatable bonds is 3. The third-order valence-corrected chi connectivity index (χ3v) is 3.45. The van der Waals surface area contributed by atoms with Gasteiger partial charge in [-0.1, -0.05) is 0 Å². The molecule has 5 nitrogen and oxygen atoms in total. The molecule has 20 heavy (non-hydrogen) atoms. The number of nitrogens with zero attached hydrogens (tertiary/aromatic N) is 3. The van der Waals surface area contributed by atoms with Crippen LogP contribution in [0.25, 0.3) is 11.0 Å². The number of carbonyl (C=O) groups excluding carboxylic acids is 1. The normalized spacial score (nSPS) is 10.8. The Labute approximate surface area is 118 Å². The number of imidazole rings is 1. The van der Waals surface area contributed by atoms with E-state index in [9.17, 15) is 4.79 Å². The second-order valence-corrected chi connectivity index (χ2v) is 5.19. The number of nitrogens with one attached hydrogen (secondary N) is 1. The van der Waals surface area contributed by atoms with Crippen LogP contribution in [0.2, 0.25) is 0 Å². The molecule has 104 valence electrons. The Kier molecular flexibility index (Phi) is 3.75. The third kappa shape index (κ3) is 2.37. The Hall–Kier alpha value is -2.35. The molecular formula is C15H18N4O. The number of nitriles is 1. The van der Waals surface area contributed by atoms with Gasteiger partial charge in [0.1, 0.15) is 11.9 Å². The number of hydrogen-bond donors (Lipinski definition) is 1. The number of aromatic nitrogens is 2. The van der Waals surface area contributed by atoms with Crippen molar-refractivity contribution in [1.82, 2.24) is 9.55 Å². The largest absolute Gasteiger partial charge is 0.328 e. The van der Waals surface area contributed by atoms with Crippen molar-refractivity contribution in [3.05, 3.63) is 23.5 Å². The van der Waals surface area contributed by atoms with Gasteiger partial charge in [0.05, 0.1) is 23.6 Å². The predicted octanol–water partition coefficient (Wildman–Crippen LogP) is 3.09. The summed E-state index contributed by atoms with van der Waals surface area (Å²) in [6, 6.07) is 4.23. The smallest absolute Gasteiger partial charge is 0.238 e. The molecule has 0 aliphatic carbocycles. The van der Waals surface area contributed by atoms with Gasteiger partial charge in [0.15, 0.2) is 0 Å². The second-order valence-electron chi connectivity index (χ2n) is 5.19. The van der Waals surface area contributed by atoms with Crippen LogP contribution in [-0.4, -0.2) is 15.5 Å². The van der Waals surface area contributed by atoms with E-state index in [-0.39, 0.29) is 12.3 Å². The summed E-state index contributed by atoms with van der Waals surface area (Å²) in [5.74, 6) is -0.304. The molecule has 1 amide bonds. The van der Waals surface area contributed by atoms with Gasteiger partial charge in [0.2, 0.25) is 5.91 Å². The van der Waals surface area contributed by atoms with Gasteiger partial charge in [-0.05, 0) is 44.9 Å². The summed E-state index contributed by atoms with van der Waals surface area (Å²) in [4.78, 5) is 16.1. The van der Waals surface area contributed by atoms with Crippen molar-refractivity contribution in [2.24, 2.45) is 0 Å². The topological polar surface area (TPSA) is 70.7 Å². The van der Waals surface area contributed by atoms with E-state index in [4.69, 9.17) is 5.26 Å². The SMILES string of the molecule is Cc1cc2c(ncn2C(C)C)c(NC(=O)CC#N)c1C. The lowest BCUT2D eigenvalue weighted by atomic mass is 10.1. The quantitative estimate of drug-likeness (QED) is 0.931. The third-order valence-electron chi connectivity index (χ3n) is 3.45. The van der Waals surface area contributed by atoms with Gasteiger partial charge < -0.3 is 9.88 Å². The average molecular weight is 270 g/mol. The van der Waals surface area contributed by atoms with Crippen LogP contribution in [0.4, 0.5) is 5.69 Å². The first-order valence-electron chi connectivity index (χ1n) is 6.59. The van der Waals surface area contributed by atoms with E-state index in [2.05, 4.69) is 34.8 Å². The van der Waals surface area contributed by atoms with Gasteiger partial charge in [0, 0.05) is 6.04 Å². The van der Waals surface area contributed by atoms with Gasteiger partial charge in [-0.25, -0.2) is 4.98 Å². The molecule has 0 aliphatic rings. The molecule has 1 heterocycles. The zero-order chi connectivity index (χ0) is 14.9. The summed E-state index contributed by atoms with van der Waals surface area (Å²) in [6.07, 6.45) is 1.63. The first-order chi connectivity index (χ1) is 9.45. The fourth-order valence-corrected chi connectivity index (χ4v) is 2.21. The van der Waals surface area contributed by atoms with E-state index >= 15 is 0 Å². The maximum atomic E-state index is 11.7. The van der Waals surface area contributed by atoms with Crippen LogP contribution in [-0.2, 0) is 4.79 Å². The molecule has 0 saturated heterocycles. The fourth-order valence-electron chi connectivity index (χ4n) is 2.21. The molecule has 0 radical (unpaired) electrons. The summed E-state index contributed by atoms with van der Waals surface area (Å²) in [5.41, 5.74) is 4.55. The molecule has 1 aromatic carbocycles. The Morgan fingerprint density at radius 1 is 1.50 bits per heavy atom. The van der Waals surface area contributed by atoms with Crippen molar-refractivity contribution in [3.63, 3.8) is 0 Å². The van der Waals surface area contributed by atoms with E-state index in [0.29, 0.717) is 11.7 Å². The molecular weight excluding hydrogens is 252 g/mol. The van der Waals surface area contributed by atoms with Crippen LogP contribution in [0.15, 0.2) is 12.4 Å². The minimum atomic E-state index is -0.304. The Morgan fingerprint density at radius 2 is 2.20 bits per heavy atom. The lowest BCUT2D eigenvalue weighted by molar-refractivity contribution is -0.115. The molecule has 0 bridgehead atoms. The van der Waals surface area contributed by atoms with Crippen molar-refractivity contribution >= 4 is 22.6 Å². The van der Waals surface area contributed by atoms with Gasteiger partial charge in [-0.2, -0.15) is 5.26 Å². The second kappa shape index (κ2) is 5.33. The minimum absolute atomic E-state index is 0.153. The predicted molar refractivity (Wildman–Crippen MR) is 78.5 cm³/mol. The van der Waals surface area contributed by atoms with Gasteiger partial charge >= 0.3 is 0 Å².